The number of ether oxygens (including phenoxy) is 1. The molecule has 0 aliphatic heterocycles. The fourth-order valence-corrected chi connectivity index (χ4v) is 3.76. The molecule has 1 saturated carbocycles. The van der Waals surface area contributed by atoms with E-state index in [0.717, 1.165) is 35.6 Å². The Balaban J connectivity index is 1.62. The van der Waals surface area contributed by atoms with E-state index in [0.29, 0.717) is 27.3 Å². The molecule has 1 aliphatic rings. The van der Waals surface area contributed by atoms with Crippen molar-refractivity contribution in [2.75, 3.05) is 11.9 Å². The number of nitrogens with one attached hydrogen (secondary N) is 1. The summed E-state index contributed by atoms with van der Waals surface area (Å²) in [5.74, 6) is -0.315. The van der Waals surface area contributed by atoms with Gasteiger partial charge in [0.25, 0.3) is 5.91 Å². The highest BCUT2D eigenvalue weighted by atomic mass is 32.1. The topological polar surface area (TPSA) is 86.1 Å². The second kappa shape index (κ2) is 7.55. The van der Waals surface area contributed by atoms with Crippen molar-refractivity contribution >= 4 is 28.3 Å². The number of amides is 1. The molecule has 1 N–H and O–H groups in total. The summed E-state index contributed by atoms with van der Waals surface area (Å²) in [6.07, 6.45) is 2.20. The zero-order chi connectivity index (χ0) is 19.7. The Hall–Kier alpha value is -3.00. The number of aromatic nitrogens is 3. The van der Waals surface area contributed by atoms with Gasteiger partial charge in [-0.3, -0.25) is 10.1 Å². The average Bonchev–Trinajstić information content (AvgIpc) is 3.33. The molecule has 2 aromatic heterocycles. The van der Waals surface area contributed by atoms with E-state index in [-0.39, 0.29) is 12.5 Å². The lowest BCUT2D eigenvalue weighted by Crippen LogP contribution is -2.16. The molecule has 0 unspecified atom stereocenters. The van der Waals surface area contributed by atoms with Gasteiger partial charge in [-0.15, -0.1) is 0 Å². The van der Waals surface area contributed by atoms with Crippen LogP contribution in [0.1, 0.15) is 57.2 Å². The van der Waals surface area contributed by atoms with Crippen molar-refractivity contribution in [3.63, 3.8) is 0 Å². The number of carbonyl (C=O) groups is 2. The minimum absolute atomic E-state index is 0.290. The van der Waals surface area contributed by atoms with E-state index in [1.165, 1.54) is 0 Å². The van der Waals surface area contributed by atoms with Crippen LogP contribution >= 0.6 is 11.3 Å². The summed E-state index contributed by atoms with van der Waals surface area (Å²) in [5.41, 5.74) is 2.73. The first kappa shape index (κ1) is 18.4. The number of esters is 1. The molecule has 4 rings (SSSR count). The lowest BCUT2D eigenvalue weighted by atomic mass is 10.2. The monoisotopic (exact) mass is 396 g/mol. The summed E-state index contributed by atoms with van der Waals surface area (Å²) < 4.78 is 6.69. The van der Waals surface area contributed by atoms with E-state index in [9.17, 15) is 9.59 Å². The third-order valence-electron chi connectivity index (χ3n) is 4.44. The molecule has 1 aliphatic carbocycles. The third kappa shape index (κ3) is 3.68. The van der Waals surface area contributed by atoms with Gasteiger partial charge in [0.1, 0.15) is 10.6 Å². The van der Waals surface area contributed by atoms with Crippen LogP contribution in [0.25, 0.3) is 5.69 Å². The summed E-state index contributed by atoms with van der Waals surface area (Å²) in [5, 5.41) is 7.80. The number of para-hydroxylation sites is 1. The largest absolute Gasteiger partial charge is 0.462 e. The number of nitrogens with zero attached hydrogens (tertiary/aromatic N) is 3. The Morgan fingerprint density at radius 1 is 1.29 bits per heavy atom. The number of rotatable bonds is 6. The van der Waals surface area contributed by atoms with Crippen LogP contribution in [0.3, 0.4) is 0 Å². The van der Waals surface area contributed by atoms with E-state index >= 15 is 0 Å². The first-order valence-electron chi connectivity index (χ1n) is 9.18. The molecule has 1 amide bonds. The van der Waals surface area contributed by atoms with Crippen molar-refractivity contribution < 1.29 is 14.3 Å². The average molecular weight is 396 g/mol. The van der Waals surface area contributed by atoms with Gasteiger partial charge in [0.2, 0.25) is 0 Å². The molecule has 2 heterocycles. The molecule has 7 nitrogen and oxygen atoms in total. The van der Waals surface area contributed by atoms with Gasteiger partial charge in [-0.1, -0.05) is 29.5 Å². The number of hydrogen-bond acceptors (Lipinski definition) is 6. The van der Waals surface area contributed by atoms with Gasteiger partial charge < -0.3 is 4.74 Å². The number of benzene rings is 1. The van der Waals surface area contributed by atoms with E-state index in [1.54, 1.807) is 18.5 Å². The van der Waals surface area contributed by atoms with Crippen LogP contribution in [0.2, 0.25) is 0 Å². The first-order chi connectivity index (χ1) is 13.6. The van der Waals surface area contributed by atoms with Gasteiger partial charge >= 0.3 is 5.97 Å². The van der Waals surface area contributed by atoms with Crippen molar-refractivity contribution in [2.24, 2.45) is 0 Å². The van der Waals surface area contributed by atoms with Crippen molar-refractivity contribution in [1.29, 1.82) is 0 Å². The van der Waals surface area contributed by atoms with Crippen LogP contribution in [0.15, 0.2) is 36.4 Å². The van der Waals surface area contributed by atoms with Crippen LogP contribution in [0, 0.1) is 6.92 Å². The summed E-state index contributed by atoms with van der Waals surface area (Å²) >= 11 is 1.11. The highest BCUT2D eigenvalue weighted by Gasteiger charge is 2.29. The molecule has 1 aromatic carbocycles. The Bertz CT molecular complexity index is 1020. The summed E-state index contributed by atoms with van der Waals surface area (Å²) in [6.45, 7) is 3.76. The molecular formula is C20H20N4O3S. The predicted octanol–water partition coefficient (Wildman–Crippen LogP) is 3.94. The zero-order valence-electron chi connectivity index (χ0n) is 15.6. The molecule has 28 heavy (non-hydrogen) atoms. The fourth-order valence-electron chi connectivity index (χ4n) is 2.90. The van der Waals surface area contributed by atoms with Gasteiger partial charge in [-0.05, 0) is 44.9 Å². The van der Waals surface area contributed by atoms with E-state index < -0.39 is 5.97 Å². The lowest BCUT2D eigenvalue weighted by Gasteiger charge is -2.06. The van der Waals surface area contributed by atoms with E-state index in [1.807, 2.05) is 36.4 Å². The Kier molecular flexibility index (Phi) is 4.95. The SMILES string of the molecule is CCOC(=O)c1sc(NC(=O)c2cc(C3CC3)nn2-c2ccccc2)nc1C. The molecule has 144 valence electrons. The third-order valence-corrected chi connectivity index (χ3v) is 5.49. The summed E-state index contributed by atoms with van der Waals surface area (Å²) in [4.78, 5) is 29.6. The number of thiazole rings is 1. The quantitative estimate of drug-likeness (QED) is 0.638. The normalized spacial score (nSPS) is 13.4. The maximum absolute atomic E-state index is 13.0. The number of anilines is 1. The van der Waals surface area contributed by atoms with Crippen molar-refractivity contribution in [3.05, 3.63) is 58.4 Å². The van der Waals surface area contributed by atoms with E-state index in [4.69, 9.17) is 4.74 Å². The standard InChI is InChI=1S/C20H20N4O3S/c1-3-27-19(26)17-12(2)21-20(28-17)22-18(25)16-11-15(13-9-10-13)23-24(16)14-7-5-4-6-8-14/h4-8,11,13H,3,9-10H2,1-2H3,(H,21,22,25). The molecule has 0 atom stereocenters. The minimum Gasteiger partial charge on any atom is -0.462 e. The molecule has 0 spiro atoms. The number of hydrogen-bond donors (Lipinski definition) is 1. The van der Waals surface area contributed by atoms with E-state index in [2.05, 4.69) is 15.4 Å². The molecule has 1 fully saturated rings. The van der Waals surface area contributed by atoms with Gasteiger partial charge in [0, 0.05) is 5.92 Å². The first-order valence-corrected chi connectivity index (χ1v) is 9.99. The number of carbonyl (C=O) groups excluding carboxylic acids is 2. The van der Waals surface area contributed by atoms with Gasteiger partial charge in [-0.25, -0.2) is 14.5 Å². The molecule has 8 heteroatoms. The molecule has 0 radical (unpaired) electrons. The maximum atomic E-state index is 13.0. The van der Waals surface area contributed by atoms with Gasteiger partial charge in [-0.2, -0.15) is 5.10 Å². The highest BCUT2D eigenvalue weighted by Crippen LogP contribution is 2.39. The molecular weight excluding hydrogens is 376 g/mol. The second-order valence-electron chi connectivity index (χ2n) is 6.58. The van der Waals surface area contributed by atoms with Crippen molar-refractivity contribution in [3.8, 4) is 5.69 Å². The fraction of sp³-hybridized carbons (Fsp3) is 0.300. The lowest BCUT2D eigenvalue weighted by molar-refractivity contribution is 0.0531. The Morgan fingerprint density at radius 3 is 2.71 bits per heavy atom. The Morgan fingerprint density at radius 2 is 2.04 bits per heavy atom. The van der Waals surface area contributed by atoms with Crippen LogP contribution < -0.4 is 5.32 Å². The molecule has 0 bridgehead atoms. The van der Waals surface area contributed by atoms with Crippen molar-refractivity contribution in [1.82, 2.24) is 14.8 Å². The van der Waals surface area contributed by atoms with Crippen LogP contribution in [-0.2, 0) is 4.74 Å². The molecule has 3 aromatic rings. The van der Waals surface area contributed by atoms with Gasteiger partial charge in [0.15, 0.2) is 5.13 Å². The zero-order valence-corrected chi connectivity index (χ0v) is 16.5. The molecule has 0 saturated heterocycles. The van der Waals surface area contributed by atoms with Crippen LogP contribution in [-0.4, -0.2) is 33.2 Å². The predicted molar refractivity (Wildman–Crippen MR) is 106 cm³/mol. The highest BCUT2D eigenvalue weighted by molar-refractivity contribution is 7.17. The Labute approximate surface area is 166 Å². The maximum Gasteiger partial charge on any atom is 0.350 e. The number of aryl methyl sites for hydroxylation is 1. The summed E-state index contributed by atoms with van der Waals surface area (Å²) in [7, 11) is 0. The van der Waals surface area contributed by atoms with Gasteiger partial charge in [0.05, 0.1) is 23.7 Å². The minimum atomic E-state index is -0.427. The summed E-state index contributed by atoms with van der Waals surface area (Å²) in [6, 6.07) is 11.4. The van der Waals surface area contributed by atoms with Crippen LogP contribution in [0.5, 0.6) is 0 Å². The van der Waals surface area contributed by atoms with Crippen LogP contribution in [0.4, 0.5) is 5.13 Å². The second-order valence-corrected chi connectivity index (χ2v) is 7.58. The van der Waals surface area contributed by atoms with Crippen molar-refractivity contribution in [2.45, 2.75) is 32.6 Å². The smallest absolute Gasteiger partial charge is 0.350 e.